The monoisotopic (exact) mass is 198 g/mol. The molecule has 0 spiro atoms. The quantitative estimate of drug-likeness (QED) is 0.725. The van der Waals surface area contributed by atoms with Crippen molar-refractivity contribution in [1.29, 1.82) is 0 Å². The van der Waals surface area contributed by atoms with E-state index in [1.54, 1.807) is 0 Å². The molecule has 0 bridgehead atoms. The summed E-state index contributed by atoms with van der Waals surface area (Å²) >= 11 is 0. The number of nitrogens with one attached hydrogen (secondary N) is 1. The van der Waals surface area contributed by atoms with Gasteiger partial charge in [0.2, 0.25) is 0 Å². The molecule has 0 aromatic carbocycles. The molecule has 0 aliphatic carbocycles. The summed E-state index contributed by atoms with van der Waals surface area (Å²) in [6.45, 7) is 6.80. The van der Waals surface area contributed by atoms with Gasteiger partial charge in [0.05, 0.1) is 0 Å². The van der Waals surface area contributed by atoms with E-state index < -0.39 is 0 Å². The Morgan fingerprint density at radius 1 is 1.36 bits per heavy atom. The number of carbonyl (C=O) groups excluding carboxylic acids is 1. The Kier molecular flexibility index (Phi) is 4.77. The number of rotatable bonds is 2. The smallest absolute Gasteiger partial charge is 0.317 e. The fourth-order valence-corrected chi connectivity index (χ4v) is 2.04. The minimum atomic E-state index is 0.115. The first kappa shape index (κ1) is 11.3. The normalized spacial score (nSPS) is 23.0. The third-order valence-corrected chi connectivity index (χ3v) is 3.04. The molecule has 0 aromatic rings. The summed E-state index contributed by atoms with van der Waals surface area (Å²) in [7, 11) is 0. The highest BCUT2D eigenvalue weighted by atomic mass is 16.2. The Bertz CT molecular complexity index is 182. The number of hydrogen-bond acceptors (Lipinski definition) is 1. The van der Waals surface area contributed by atoms with Gasteiger partial charge in [-0.1, -0.05) is 13.3 Å². The molecule has 1 aliphatic rings. The van der Waals surface area contributed by atoms with Crippen molar-refractivity contribution in [2.24, 2.45) is 5.92 Å². The van der Waals surface area contributed by atoms with Crippen molar-refractivity contribution in [2.45, 2.75) is 39.5 Å². The van der Waals surface area contributed by atoms with Gasteiger partial charge < -0.3 is 10.2 Å². The van der Waals surface area contributed by atoms with Crippen LogP contribution >= 0.6 is 0 Å². The first-order valence-corrected chi connectivity index (χ1v) is 5.80. The molecule has 1 fully saturated rings. The lowest BCUT2D eigenvalue weighted by Gasteiger charge is -2.20. The van der Waals surface area contributed by atoms with E-state index in [1.807, 2.05) is 11.8 Å². The SMILES string of the molecule is CCNC(=O)N1CCCC(CC)CC1. The van der Waals surface area contributed by atoms with E-state index in [9.17, 15) is 4.79 Å². The molecule has 1 saturated heterocycles. The minimum absolute atomic E-state index is 0.115. The van der Waals surface area contributed by atoms with Gasteiger partial charge >= 0.3 is 6.03 Å². The van der Waals surface area contributed by atoms with Gasteiger partial charge in [-0.3, -0.25) is 0 Å². The molecule has 14 heavy (non-hydrogen) atoms. The number of urea groups is 1. The molecule has 82 valence electrons. The lowest BCUT2D eigenvalue weighted by Crippen LogP contribution is -2.40. The first-order valence-electron chi connectivity index (χ1n) is 5.80. The second kappa shape index (κ2) is 5.89. The van der Waals surface area contributed by atoms with E-state index >= 15 is 0 Å². The third kappa shape index (κ3) is 3.20. The molecule has 0 aromatic heterocycles. The average Bonchev–Trinajstić information content (AvgIpc) is 2.42. The van der Waals surface area contributed by atoms with Crippen LogP contribution in [0.25, 0.3) is 0 Å². The average molecular weight is 198 g/mol. The largest absolute Gasteiger partial charge is 0.338 e. The molecule has 3 nitrogen and oxygen atoms in total. The molecule has 0 radical (unpaired) electrons. The van der Waals surface area contributed by atoms with Crippen LogP contribution in [0, 0.1) is 5.92 Å². The molecule has 1 atom stereocenters. The molecule has 1 rings (SSSR count). The highest BCUT2D eigenvalue weighted by Gasteiger charge is 2.18. The van der Waals surface area contributed by atoms with Crippen LogP contribution in [-0.2, 0) is 0 Å². The van der Waals surface area contributed by atoms with Crippen molar-refractivity contribution in [2.75, 3.05) is 19.6 Å². The van der Waals surface area contributed by atoms with Crippen molar-refractivity contribution in [3.8, 4) is 0 Å². The molecule has 1 heterocycles. The summed E-state index contributed by atoms with van der Waals surface area (Å²) in [6, 6.07) is 0.115. The van der Waals surface area contributed by atoms with E-state index in [1.165, 1.54) is 19.3 Å². The van der Waals surface area contributed by atoms with Crippen LogP contribution in [0.3, 0.4) is 0 Å². The summed E-state index contributed by atoms with van der Waals surface area (Å²) in [5.74, 6) is 0.828. The van der Waals surface area contributed by atoms with Gasteiger partial charge in [0.15, 0.2) is 0 Å². The highest BCUT2D eigenvalue weighted by molar-refractivity contribution is 5.74. The van der Waals surface area contributed by atoms with E-state index in [2.05, 4.69) is 12.2 Å². The van der Waals surface area contributed by atoms with Crippen LogP contribution in [-0.4, -0.2) is 30.6 Å². The Morgan fingerprint density at radius 3 is 2.79 bits per heavy atom. The number of amides is 2. The van der Waals surface area contributed by atoms with Gasteiger partial charge in [-0.05, 0) is 32.1 Å². The van der Waals surface area contributed by atoms with Crippen LogP contribution in [0.15, 0.2) is 0 Å². The first-order chi connectivity index (χ1) is 6.77. The van der Waals surface area contributed by atoms with E-state index in [0.717, 1.165) is 32.0 Å². The predicted molar refractivity (Wildman–Crippen MR) is 58.3 cm³/mol. The second-order valence-corrected chi connectivity index (χ2v) is 4.03. The zero-order valence-corrected chi connectivity index (χ0v) is 9.38. The van der Waals surface area contributed by atoms with Gasteiger partial charge in [0.25, 0.3) is 0 Å². The number of nitrogens with zero attached hydrogens (tertiary/aromatic N) is 1. The van der Waals surface area contributed by atoms with Crippen LogP contribution in [0.5, 0.6) is 0 Å². The molecule has 1 unspecified atom stereocenters. The topological polar surface area (TPSA) is 32.3 Å². The van der Waals surface area contributed by atoms with Crippen LogP contribution < -0.4 is 5.32 Å². The Balaban J connectivity index is 2.37. The van der Waals surface area contributed by atoms with Crippen molar-refractivity contribution in [1.82, 2.24) is 10.2 Å². The molecule has 3 heteroatoms. The third-order valence-electron chi connectivity index (χ3n) is 3.04. The maximum Gasteiger partial charge on any atom is 0.317 e. The van der Waals surface area contributed by atoms with E-state index in [-0.39, 0.29) is 6.03 Å². The summed E-state index contributed by atoms with van der Waals surface area (Å²) in [6.07, 6.45) is 4.87. The lowest BCUT2D eigenvalue weighted by atomic mass is 9.98. The molecular formula is C11H22N2O. The number of carbonyl (C=O) groups is 1. The second-order valence-electron chi connectivity index (χ2n) is 4.03. The molecule has 1 N–H and O–H groups in total. The van der Waals surface area contributed by atoms with Crippen molar-refractivity contribution < 1.29 is 4.79 Å². The summed E-state index contributed by atoms with van der Waals surface area (Å²) in [5, 5.41) is 2.86. The van der Waals surface area contributed by atoms with E-state index in [0.29, 0.717) is 0 Å². The lowest BCUT2D eigenvalue weighted by molar-refractivity contribution is 0.199. The van der Waals surface area contributed by atoms with Crippen molar-refractivity contribution in [3.63, 3.8) is 0 Å². The maximum absolute atomic E-state index is 11.6. The van der Waals surface area contributed by atoms with E-state index in [4.69, 9.17) is 0 Å². The highest BCUT2D eigenvalue weighted by Crippen LogP contribution is 2.19. The zero-order chi connectivity index (χ0) is 10.4. The van der Waals surface area contributed by atoms with Gasteiger partial charge in [-0.15, -0.1) is 0 Å². The summed E-state index contributed by atoms with van der Waals surface area (Å²) in [4.78, 5) is 13.5. The van der Waals surface area contributed by atoms with Gasteiger partial charge in [-0.2, -0.15) is 0 Å². The Hall–Kier alpha value is -0.730. The van der Waals surface area contributed by atoms with Crippen LogP contribution in [0.4, 0.5) is 4.79 Å². The van der Waals surface area contributed by atoms with Crippen LogP contribution in [0.2, 0.25) is 0 Å². The van der Waals surface area contributed by atoms with Crippen molar-refractivity contribution in [3.05, 3.63) is 0 Å². The molecule has 0 saturated carbocycles. The molecule has 2 amide bonds. The van der Waals surface area contributed by atoms with Gasteiger partial charge in [0, 0.05) is 19.6 Å². The number of hydrogen-bond donors (Lipinski definition) is 1. The fraction of sp³-hybridized carbons (Fsp3) is 0.909. The van der Waals surface area contributed by atoms with Crippen molar-refractivity contribution >= 4 is 6.03 Å². The standard InChI is InChI=1S/C11H22N2O/c1-3-10-6-5-8-13(9-7-10)11(14)12-4-2/h10H,3-9H2,1-2H3,(H,12,14). The predicted octanol–water partition coefficient (Wildman–Crippen LogP) is 2.23. The maximum atomic E-state index is 11.6. The Morgan fingerprint density at radius 2 is 2.14 bits per heavy atom. The molecular weight excluding hydrogens is 176 g/mol. The summed E-state index contributed by atoms with van der Waals surface area (Å²) in [5.41, 5.74) is 0. The van der Waals surface area contributed by atoms with Crippen LogP contribution in [0.1, 0.15) is 39.5 Å². The minimum Gasteiger partial charge on any atom is -0.338 e. The van der Waals surface area contributed by atoms with Gasteiger partial charge in [-0.25, -0.2) is 4.79 Å². The zero-order valence-electron chi connectivity index (χ0n) is 9.38. The summed E-state index contributed by atoms with van der Waals surface area (Å²) < 4.78 is 0. The number of likely N-dealkylation sites (tertiary alicyclic amines) is 1. The Labute approximate surface area is 86.9 Å². The van der Waals surface area contributed by atoms with Gasteiger partial charge in [0.1, 0.15) is 0 Å². The molecule has 1 aliphatic heterocycles. The fourth-order valence-electron chi connectivity index (χ4n) is 2.04.